The Morgan fingerprint density at radius 2 is 1.69 bits per heavy atom. The van der Waals surface area contributed by atoms with E-state index in [4.69, 9.17) is 4.74 Å². The van der Waals surface area contributed by atoms with E-state index < -0.39 is 17.1 Å². The average Bonchev–Trinajstić information content (AvgIpc) is 3.50. The van der Waals surface area contributed by atoms with Crippen LogP contribution in [-0.2, 0) is 22.4 Å². The normalized spacial score (nSPS) is 14.3. The number of hydrogen-bond acceptors (Lipinski definition) is 7. The van der Waals surface area contributed by atoms with Crippen LogP contribution in [0.5, 0.6) is 5.75 Å². The van der Waals surface area contributed by atoms with Gasteiger partial charge in [0.05, 0.1) is 12.2 Å². The highest BCUT2D eigenvalue weighted by molar-refractivity contribution is 8.00. The predicted molar refractivity (Wildman–Crippen MR) is 208 cm³/mol. The van der Waals surface area contributed by atoms with Crippen LogP contribution in [0.2, 0.25) is 0 Å². The minimum Gasteiger partial charge on any atom is -0.494 e. The van der Waals surface area contributed by atoms with Gasteiger partial charge in [-0.15, -0.1) is 23.1 Å². The van der Waals surface area contributed by atoms with Crippen LogP contribution in [0.1, 0.15) is 63.0 Å². The molecule has 6 rings (SSSR count). The van der Waals surface area contributed by atoms with Gasteiger partial charge in [0.25, 0.3) is 11.8 Å². The average molecular weight is 727 g/mol. The molecule has 8 nitrogen and oxygen atoms in total. The number of carbonyl (C=O) groups excluding carboxylic acids is 3. The molecule has 3 amide bonds. The third-order valence-corrected chi connectivity index (χ3v) is 11.0. The second-order valence-electron chi connectivity index (χ2n) is 12.4. The van der Waals surface area contributed by atoms with Crippen LogP contribution in [0.15, 0.2) is 120 Å². The van der Waals surface area contributed by atoms with Crippen LogP contribution in [0, 0.1) is 17.2 Å². The molecule has 1 aliphatic carbocycles. The van der Waals surface area contributed by atoms with E-state index >= 15 is 0 Å². The maximum absolute atomic E-state index is 14.0. The quantitative estimate of drug-likeness (QED) is 0.0872. The number of thiophene rings is 1. The molecule has 2 unspecified atom stereocenters. The molecule has 1 aliphatic rings. The fourth-order valence-corrected chi connectivity index (χ4v) is 8.40. The minimum atomic E-state index is -0.642. The lowest BCUT2D eigenvalue weighted by atomic mass is 9.88. The van der Waals surface area contributed by atoms with Gasteiger partial charge in [-0.1, -0.05) is 73.7 Å². The molecule has 0 aliphatic heterocycles. The SMILES string of the molecule is CCOc1ccc(/C=C(/NC(=O)c2ccccc2)C(=O)Nc2cccc(SC(C(=O)Nc3sc4c(c3C#N)CCC(C)C4)c3ccccc3)c2)cc1. The van der Waals surface area contributed by atoms with Crippen molar-refractivity contribution in [3.8, 4) is 11.8 Å². The number of amides is 3. The highest BCUT2D eigenvalue weighted by atomic mass is 32.2. The zero-order valence-electron chi connectivity index (χ0n) is 28.8. The highest BCUT2D eigenvalue weighted by Gasteiger charge is 2.28. The summed E-state index contributed by atoms with van der Waals surface area (Å²) >= 11 is 2.85. The van der Waals surface area contributed by atoms with Crippen molar-refractivity contribution in [1.82, 2.24) is 5.32 Å². The third-order valence-electron chi connectivity index (χ3n) is 8.58. The van der Waals surface area contributed by atoms with Crippen LogP contribution in [-0.4, -0.2) is 24.3 Å². The number of carbonyl (C=O) groups is 3. The van der Waals surface area contributed by atoms with Crippen LogP contribution in [0.3, 0.4) is 0 Å². The molecule has 0 saturated heterocycles. The van der Waals surface area contributed by atoms with Crippen LogP contribution >= 0.6 is 23.1 Å². The molecule has 1 aromatic heterocycles. The lowest BCUT2D eigenvalue weighted by Gasteiger charge is -2.18. The van der Waals surface area contributed by atoms with Crippen molar-refractivity contribution in [2.75, 3.05) is 17.2 Å². The molecular weight excluding hydrogens is 689 g/mol. The second kappa shape index (κ2) is 17.1. The molecule has 5 aromatic rings. The summed E-state index contributed by atoms with van der Waals surface area (Å²) in [7, 11) is 0. The molecule has 0 fully saturated rings. The Labute approximate surface area is 311 Å². The van der Waals surface area contributed by atoms with Crippen molar-refractivity contribution in [2.24, 2.45) is 5.92 Å². The van der Waals surface area contributed by atoms with E-state index in [1.165, 1.54) is 28.0 Å². The fraction of sp³-hybridized carbons (Fsp3) is 0.190. The largest absolute Gasteiger partial charge is 0.494 e. The topological polar surface area (TPSA) is 120 Å². The number of ether oxygens (including phenoxy) is 1. The molecule has 4 aromatic carbocycles. The summed E-state index contributed by atoms with van der Waals surface area (Å²) in [4.78, 5) is 42.8. The van der Waals surface area contributed by atoms with Gasteiger partial charge in [0.2, 0.25) is 5.91 Å². The van der Waals surface area contributed by atoms with Gasteiger partial charge in [0.15, 0.2) is 0 Å². The molecule has 52 heavy (non-hydrogen) atoms. The summed E-state index contributed by atoms with van der Waals surface area (Å²) < 4.78 is 5.55. The molecule has 3 N–H and O–H groups in total. The summed E-state index contributed by atoms with van der Waals surface area (Å²) in [6.45, 7) is 4.65. The zero-order chi connectivity index (χ0) is 36.5. The number of hydrogen-bond donors (Lipinski definition) is 3. The summed E-state index contributed by atoms with van der Waals surface area (Å²) in [5.41, 5.74) is 4.08. The Morgan fingerprint density at radius 3 is 2.40 bits per heavy atom. The Kier molecular flexibility index (Phi) is 11.9. The van der Waals surface area contributed by atoms with Crippen LogP contribution in [0.25, 0.3) is 6.08 Å². The number of rotatable bonds is 12. The Morgan fingerprint density at radius 1 is 0.962 bits per heavy atom. The first-order valence-electron chi connectivity index (χ1n) is 17.1. The monoisotopic (exact) mass is 726 g/mol. The van der Waals surface area contributed by atoms with Crippen molar-refractivity contribution < 1.29 is 19.1 Å². The van der Waals surface area contributed by atoms with Gasteiger partial charge in [-0.05, 0) is 97.3 Å². The fourth-order valence-electron chi connectivity index (χ4n) is 5.95. The molecule has 2 atom stereocenters. The maximum Gasteiger partial charge on any atom is 0.272 e. The van der Waals surface area contributed by atoms with E-state index in [9.17, 15) is 19.6 Å². The smallest absolute Gasteiger partial charge is 0.272 e. The highest BCUT2D eigenvalue weighted by Crippen LogP contribution is 2.42. The van der Waals surface area contributed by atoms with Gasteiger partial charge in [-0.2, -0.15) is 5.26 Å². The number of nitrogens with zero attached hydrogens (tertiary/aromatic N) is 1. The molecule has 0 saturated carbocycles. The molecule has 10 heteroatoms. The zero-order valence-corrected chi connectivity index (χ0v) is 30.5. The molecular formula is C42H38N4O4S2. The van der Waals surface area contributed by atoms with E-state index in [1.807, 2.05) is 61.5 Å². The van der Waals surface area contributed by atoms with Gasteiger partial charge < -0.3 is 20.7 Å². The summed E-state index contributed by atoms with van der Waals surface area (Å²) in [6.07, 6.45) is 4.39. The summed E-state index contributed by atoms with van der Waals surface area (Å²) in [6, 6.07) is 35.0. The molecule has 0 spiro atoms. The van der Waals surface area contributed by atoms with Gasteiger partial charge in [0, 0.05) is 21.0 Å². The molecule has 1 heterocycles. The van der Waals surface area contributed by atoms with Crippen molar-refractivity contribution in [3.63, 3.8) is 0 Å². The second-order valence-corrected chi connectivity index (χ2v) is 14.7. The van der Waals surface area contributed by atoms with Gasteiger partial charge in [-0.3, -0.25) is 14.4 Å². The number of fused-ring (bicyclic) bond motifs is 1. The van der Waals surface area contributed by atoms with Crippen LogP contribution in [0.4, 0.5) is 10.7 Å². The summed E-state index contributed by atoms with van der Waals surface area (Å²) in [5, 5.41) is 18.8. The van der Waals surface area contributed by atoms with E-state index in [0.29, 0.717) is 45.7 Å². The van der Waals surface area contributed by atoms with E-state index in [0.717, 1.165) is 35.3 Å². The van der Waals surface area contributed by atoms with E-state index in [2.05, 4.69) is 28.9 Å². The van der Waals surface area contributed by atoms with Crippen molar-refractivity contribution in [2.45, 2.75) is 43.3 Å². The van der Waals surface area contributed by atoms with Gasteiger partial charge in [0.1, 0.15) is 27.8 Å². The first-order chi connectivity index (χ1) is 25.3. The Bertz CT molecular complexity index is 2120. The Hall–Kier alpha value is -5.63. The van der Waals surface area contributed by atoms with Gasteiger partial charge in [-0.25, -0.2) is 0 Å². The lowest BCUT2D eigenvalue weighted by molar-refractivity contribution is -0.116. The predicted octanol–water partition coefficient (Wildman–Crippen LogP) is 9.02. The van der Waals surface area contributed by atoms with Crippen molar-refractivity contribution in [3.05, 3.63) is 148 Å². The number of nitrogens with one attached hydrogen (secondary N) is 3. The van der Waals surface area contributed by atoms with Crippen LogP contribution < -0.4 is 20.7 Å². The maximum atomic E-state index is 14.0. The van der Waals surface area contributed by atoms with E-state index in [1.54, 1.807) is 60.7 Å². The number of nitriles is 1. The van der Waals surface area contributed by atoms with E-state index in [-0.39, 0.29) is 11.6 Å². The van der Waals surface area contributed by atoms with Crippen molar-refractivity contribution in [1.29, 1.82) is 5.26 Å². The third kappa shape index (κ3) is 8.99. The number of anilines is 2. The molecule has 0 bridgehead atoms. The molecule has 262 valence electrons. The number of thioether (sulfide) groups is 1. The standard InChI is InChI=1S/C42H38N4O4S2/c1-3-50-32-20-18-28(19-21-32)24-36(45-39(47)30-13-8-5-9-14-30)40(48)44-31-15-10-16-33(25-31)51-38(29-11-6-4-7-12-29)41(49)46-42-35(26-43)34-22-17-27(2)23-37(34)52-42/h4-16,18-21,24-25,27,38H,3,17,22-23H2,1-2H3,(H,44,48)(H,45,47)(H,46,49)/b36-24+. The first kappa shape index (κ1) is 36.2. The molecule has 0 radical (unpaired) electrons. The van der Waals surface area contributed by atoms with Gasteiger partial charge >= 0.3 is 0 Å². The Balaban J connectivity index is 1.23. The minimum absolute atomic E-state index is 0.0546. The summed E-state index contributed by atoms with van der Waals surface area (Å²) in [5.74, 6) is 0.0660. The number of benzene rings is 4. The lowest BCUT2D eigenvalue weighted by Crippen LogP contribution is -2.30. The van der Waals surface area contributed by atoms with Crippen molar-refractivity contribution >= 4 is 57.6 Å². The first-order valence-corrected chi connectivity index (χ1v) is 18.8.